The Labute approximate surface area is 68.1 Å². The average Bonchev–Trinajstić information content (AvgIpc) is 2.38. The minimum Gasteiger partial charge on any atom is -0.385 e. The van der Waals surface area contributed by atoms with Crippen LogP contribution in [0.4, 0.5) is 0 Å². The van der Waals surface area contributed by atoms with Gasteiger partial charge in [-0.25, -0.2) is 0 Å². The Morgan fingerprint density at radius 3 is 3.00 bits per heavy atom. The second-order valence-electron chi connectivity index (χ2n) is 3.10. The molecule has 11 heavy (non-hydrogen) atoms. The first-order valence-corrected chi connectivity index (χ1v) is 4.15. The van der Waals surface area contributed by atoms with E-state index < -0.39 is 0 Å². The smallest absolute Gasteiger partial charge is 0.116 e. The van der Waals surface area contributed by atoms with Crippen molar-refractivity contribution in [3.05, 3.63) is 0 Å². The van der Waals surface area contributed by atoms with Gasteiger partial charge in [-0.3, -0.25) is 5.32 Å². The number of rotatable bonds is 4. The van der Waals surface area contributed by atoms with Crippen molar-refractivity contribution >= 4 is 0 Å². The summed E-state index contributed by atoms with van der Waals surface area (Å²) in [6.45, 7) is 4.73. The molecule has 0 bridgehead atoms. The standard InChI is InChI=1S/C8H17NO2/c1-8(4-3-6-10-2)9-5-7-11-8/h9H,3-7H2,1-2H3. The Morgan fingerprint density at radius 1 is 1.64 bits per heavy atom. The van der Waals surface area contributed by atoms with Crippen molar-refractivity contribution < 1.29 is 9.47 Å². The van der Waals surface area contributed by atoms with Gasteiger partial charge in [-0.05, 0) is 19.8 Å². The second kappa shape index (κ2) is 4.04. The fourth-order valence-electron chi connectivity index (χ4n) is 1.36. The van der Waals surface area contributed by atoms with Crippen molar-refractivity contribution in [2.45, 2.75) is 25.5 Å². The minimum absolute atomic E-state index is 0.0848. The van der Waals surface area contributed by atoms with Crippen molar-refractivity contribution in [3.8, 4) is 0 Å². The fourth-order valence-corrected chi connectivity index (χ4v) is 1.36. The van der Waals surface area contributed by atoms with E-state index in [1.807, 2.05) is 0 Å². The van der Waals surface area contributed by atoms with E-state index in [1.165, 1.54) is 0 Å². The first kappa shape index (κ1) is 8.97. The summed E-state index contributed by atoms with van der Waals surface area (Å²) >= 11 is 0. The maximum Gasteiger partial charge on any atom is 0.116 e. The Kier molecular flexibility index (Phi) is 3.30. The highest BCUT2D eigenvalue weighted by Crippen LogP contribution is 2.17. The van der Waals surface area contributed by atoms with Crippen molar-refractivity contribution in [2.75, 3.05) is 26.9 Å². The van der Waals surface area contributed by atoms with Gasteiger partial charge >= 0.3 is 0 Å². The van der Waals surface area contributed by atoms with Crippen molar-refractivity contribution in [2.24, 2.45) is 0 Å². The lowest BCUT2D eigenvalue weighted by Crippen LogP contribution is -2.37. The van der Waals surface area contributed by atoms with Crippen LogP contribution in [0.5, 0.6) is 0 Å². The zero-order valence-electron chi connectivity index (χ0n) is 7.35. The van der Waals surface area contributed by atoms with Crippen molar-refractivity contribution in [1.29, 1.82) is 0 Å². The monoisotopic (exact) mass is 159 g/mol. The van der Waals surface area contributed by atoms with Crippen LogP contribution in [0.1, 0.15) is 19.8 Å². The molecule has 0 aromatic heterocycles. The predicted molar refractivity (Wildman–Crippen MR) is 43.5 cm³/mol. The quantitative estimate of drug-likeness (QED) is 0.614. The lowest BCUT2D eigenvalue weighted by atomic mass is 10.1. The summed E-state index contributed by atoms with van der Waals surface area (Å²) in [5, 5.41) is 3.31. The third kappa shape index (κ3) is 2.77. The van der Waals surface area contributed by atoms with E-state index in [4.69, 9.17) is 9.47 Å². The number of methoxy groups -OCH3 is 1. The highest BCUT2D eigenvalue weighted by atomic mass is 16.5. The number of nitrogens with one attached hydrogen (secondary N) is 1. The van der Waals surface area contributed by atoms with Crippen molar-refractivity contribution in [1.82, 2.24) is 5.32 Å². The van der Waals surface area contributed by atoms with Crippen LogP contribution in [0, 0.1) is 0 Å². The summed E-state index contributed by atoms with van der Waals surface area (Å²) in [4.78, 5) is 0. The van der Waals surface area contributed by atoms with Crippen LogP contribution >= 0.6 is 0 Å². The van der Waals surface area contributed by atoms with Crippen LogP contribution in [0.15, 0.2) is 0 Å². The zero-order chi connectivity index (χ0) is 8.16. The topological polar surface area (TPSA) is 30.5 Å². The van der Waals surface area contributed by atoms with Gasteiger partial charge in [0.25, 0.3) is 0 Å². The van der Waals surface area contributed by atoms with Gasteiger partial charge in [0.05, 0.1) is 6.61 Å². The molecule has 1 atom stereocenters. The van der Waals surface area contributed by atoms with Gasteiger partial charge in [0.1, 0.15) is 5.72 Å². The Bertz CT molecular complexity index is 111. The summed E-state index contributed by atoms with van der Waals surface area (Å²) < 4.78 is 10.5. The van der Waals surface area contributed by atoms with Gasteiger partial charge in [0, 0.05) is 20.3 Å². The van der Waals surface area contributed by atoms with Gasteiger partial charge in [0.15, 0.2) is 0 Å². The second-order valence-corrected chi connectivity index (χ2v) is 3.10. The minimum atomic E-state index is -0.0848. The molecule has 1 rings (SSSR count). The van der Waals surface area contributed by atoms with Crippen LogP contribution in [-0.4, -0.2) is 32.6 Å². The molecule has 0 amide bonds. The molecule has 1 N–H and O–H groups in total. The Morgan fingerprint density at radius 2 is 2.45 bits per heavy atom. The van der Waals surface area contributed by atoms with Crippen molar-refractivity contribution in [3.63, 3.8) is 0 Å². The SMILES string of the molecule is COCCCC1(C)NCCO1. The molecule has 0 aromatic carbocycles. The van der Waals surface area contributed by atoms with E-state index in [9.17, 15) is 0 Å². The van der Waals surface area contributed by atoms with E-state index in [0.29, 0.717) is 0 Å². The lowest BCUT2D eigenvalue weighted by molar-refractivity contribution is -0.00660. The predicted octanol–water partition coefficient (Wildman–Crippen LogP) is 0.749. The van der Waals surface area contributed by atoms with Gasteiger partial charge in [-0.15, -0.1) is 0 Å². The maximum atomic E-state index is 5.52. The highest BCUT2D eigenvalue weighted by Gasteiger charge is 2.27. The largest absolute Gasteiger partial charge is 0.385 e. The van der Waals surface area contributed by atoms with E-state index in [1.54, 1.807) is 7.11 Å². The molecule has 0 saturated carbocycles. The molecule has 0 spiro atoms. The van der Waals surface area contributed by atoms with E-state index >= 15 is 0 Å². The molecule has 3 heteroatoms. The molecule has 3 nitrogen and oxygen atoms in total. The van der Waals surface area contributed by atoms with Gasteiger partial charge in [-0.2, -0.15) is 0 Å². The molecule has 0 aromatic rings. The summed E-state index contributed by atoms with van der Waals surface area (Å²) in [5.41, 5.74) is -0.0848. The molecular weight excluding hydrogens is 142 g/mol. The van der Waals surface area contributed by atoms with Gasteiger partial charge in [0.2, 0.25) is 0 Å². The highest BCUT2D eigenvalue weighted by molar-refractivity contribution is 4.77. The number of hydrogen-bond acceptors (Lipinski definition) is 3. The van der Waals surface area contributed by atoms with E-state index in [-0.39, 0.29) is 5.72 Å². The molecule has 1 saturated heterocycles. The molecule has 66 valence electrons. The molecule has 1 fully saturated rings. The third-order valence-electron chi connectivity index (χ3n) is 2.02. The summed E-state index contributed by atoms with van der Waals surface area (Å²) in [7, 11) is 1.73. The molecule has 1 unspecified atom stereocenters. The van der Waals surface area contributed by atoms with Crippen LogP contribution in [-0.2, 0) is 9.47 Å². The summed E-state index contributed by atoms with van der Waals surface area (Å²) in [6.07, 6.45) is 2.08. The normalized spacial score (nSPS) is 31.1. The molecule has 0 radical (unpaired) electrons. The zero-order valence-corrected chi connectivity index (χ0v) is 7.35. The molecule has 1 aliphatic heterocycles. The van der Waals surface area contributed by atoms with Crippen LogP contribution in [0.3, 0.4) is 0 Å². The molecule has 1 aliphatic rings. The first-order chi connectivity index (χ1) is 5.27. The van der Waals surface area contributed by atoms with Crippen LogP contribution in [0.2, 0.25) is 0 Å². The lowest BCUT2D eigenvalue weighted by Gasteiger charge is -2.22. The molecule has 1 heterocycles. The van der Waals surface area contributed by atoms with Gasteiger partial charge in [-0.1, -0.05) is 0 Å². The first-order valence-electron chi connectivity index (χ1n) is 4.15. The molecule has 0 aliphatic carbocycles. The van der Waals surface area contributed by atoms with E-state index in [0.717, 1.165) is 32.6 Å². The summed E-state index contributed by atoms with van der Waals surface area (Å²) in [5.74, 6) is 0. The third-order valence-corrected chi connectivity index (χ3v) is 2.02. The summed E-state index contributed by atoms with van der Waals surface area (Å²) in [6, 6.07) is 0. The van der Waals surface area contributed by atoms with Gasteiger partial charge < -0.3 is 9.47 Å². The number of hydrogen-bond donors (Lipinski definition) is 1. The fraction of sp³-hybridized carbons (Fsp3) is 1.00. The Balaban J connectivity index is 2.13. The van der Waals surface area contributed by atoms with Crippen LogP contribution in [0.25, 0.3) is 0 Å². The maximum absolute atomic E-state index is 5.52. The van der Waals surface area contributed by atoms with E-state index in [2.05, 4.69) is 12.2 Å². The Hall–Kier alpha value is -0.120. The molecular formula is C8H17NO2. The van der Waals surface area contributed by atoms with Crippen LogP contribution < -0.4 is 5.32 Å². The average molecular weight is 159 g/mol. The number of ether oxygens (including phenoxy) is 2.